The van der Waals surface area contributed by atoms with Crippen molar-refractivity contribution < 1.29 is 27.9 Å². The average Bonchev–Trinajstić information content (AvgIpc) is 3.26. The van der Waals surface area contributed by atoms with E-state index in [-0.39, 0.29) is 58.8 Å². The van der Waals surface area contributed by atoms with E-state index in [0.717, 1.165) is 12.8 Å². The third-order valence-electron chi connectivity index (χ3n) is 6.31. The molecule has 1 aliphatic heterocycles. The molecule has 0 aromatic carbocycles. The molecule has 3 atom stereocenters. The number of aliphatic hydroxyl groups is 1. The first-order valence-electron chi connectivity index (χ1n) is 10.2. The number of halogens is 5. The maximum Gasteiger partial charge on any atom is 0.433 e. The van der Waals surface area contributed by atoms with E-state index in [2.05, 4.69) is 5.10 Å². The van der Waals surface area contributed by atoms with Crippen molar-refractivity contribution in [3.63, 3.8) is 0 Å². The molecule has 0 radical (unpaired) electrons. The number of aliphatic hydroxyl groups excluding tert-OH is 1. The summed E-state index contributed by atoms with van der Waals surface area (Å²) in [5.74, 6) is -0.933. The Labute approximate surface area is 191 Å². The number of carbonyl (C=O) groups is 2. The number of carbonyl (C=O) groups excluding carboxylic acids is 2. The van der Waals surface area contributed by atoms with Gasteiger partial charge in [-0.3, -0.25) is 9.59 Å². The van der Waals surface area contributed by atoms with Crippen LogP contribution in [0.3, 0.4) is 0 Å². The Morgan fingerprint density at radius 2 is 1.97 bits per heavy atom. The average molecular weight is 493 g/mol. The Morgan fingerprint density at radius 1 is 1.25 bits per heavy atom. The van der Waals surface area contributed by atoms with Gasteiger partial charge in [0.05, 0.1) is 22.7 Å². The zero-order valence-electron chi connectivity index (χ0n) is 17.1. The maximum absolute atomic E-state index is 13.4. The van der Waals surface area contributed by atoms with Crippen molar-refractivity contribution in [2.45, 2.75) is 44.5 Å². The SMILES string of the molecule is CCC1CCC(N2CCN(C(=O)c3nn4c(C(F)(F)F)cc(Cl)cc4c3Cl)CC2=O)C1O. The van der Waals surface area contributed by atoms with E-state index in [0.29, 0.717) is 17.0 Å². The second-order valence-electron chi connectivity index (χ2n) is 8.13. The number of rotatable bonds is 3. The molecule has 2 aliphatic rings. The van der Waals surface area contributed by atoms with Crippen LogP contribution < -0.4 is 0 Å². The van der Waals surface area contributed by atoms with Crippen LogP contribution in [0, 0.1) is 5.92 Å². The minimum absolute atomic E-state index is 0.138. The summed E-state index contributed by atoms with van der Waals surface area (Å²) in [6.07, 6.45) is -3.03. The number of alkyl halides is 3. The first kappa shape index (κ1) is 23.1. The smallest absolute Gasteiger partial charge is 0.391 e. The second-order valence-corrected chi connectivity index (χ2v) is 8.95. The number of fused-ring (bicyclic) bond motifs is 1. The molecule has 3 heterocycles. The van der Waals surface area contributed by atoms with Gasteiger partial charge in [0.2, 0.25) is 5.91 Å². The fraction of sp³-hybridized carbons (Fsp3) is 0.550. The van der Waals surface area contributed by atoms with Gasteiger partial charge >= 0.3 is 6.18 Å². The Bertz CT molecular complexity index is 1070. The Balaban J connectivity index is 1.57. The third kappa shape index (κ3) is 3.92. The number of aromatic nitrogens is 2. The number of nitrogens with zero attached hydrogens (tertiary/aromatic N) is 4. The highest BCUT2D eigenvalue weighted by Crippen LogP contribution is 2.36. The summed E-state index contributed by atoms with van der Waals surface area (Å²) in [5.41, 5.74) is -1.70. The van der Waals surface area contributed by atoms with Gasteiger partial charge in [0.25, 0.3) is 5.91 Å². The minimum Gasteiger partial charge on any atom is -0.391 e. The summed E-state index contributed by atoms with van der Waals surface area (Å²) in [5, 5.41) is 13.8. The molecule has 4 rings (SSSR count). The lowest BCUT2D eigenvalue weighted by molar-refractivity contribution is -0.142. The van der Waals surface area contributed by atoms with Crippen molar-refractivity contribution in [3.05, 3.63) is 33.6 Å². The normalized spacial score (nSPS) is 24.6. The Kier molecular flexibility index (Phi) is 6.06. The van der Waals surface area contributed by atoms with Crippen molar-refractivity contribution in [2.24, 2.45) is 5.92 Å². The summed E-state index contributed by atoms with van der Waals surface area (Å²) in [4.78, 5) is 28.6. The standard InChI is InChI=1S/C20H21Cl2F3N4O3/c1-2-10-3-4-12(18(10)31)28-6-5-27(9-15(28)30)19(32)17-16(22)13-7-11(21)8-14(20(23,24)25)29(13)26-17/h7-8,10,12,18,31H,2-6,9H2,1H3. The topological polar surface area (TPSA) is 78.1 Å². The van der Waals surface area contributed by atoms with Gasteiger partial charge in [0, 0.05) is 18.1 Å². The zero-order chi connectivity index (χ0) is 23.4. The Hall–Kier alpha value is -2.04. The summed E-state index contributed by atoms with van der Waals surface area (Å²) in [6, 6.07) is 1.60. The van der Waals surface area contributed by atoms with Crippen molar-refractivity contribution in [2.75, 3.05) is 19.6 Å². The zero-order valence-corrected chi connectivity index (χ0v) is 18.6. The van der Waals surface area contributed by atoms with Crippen molar-refractivity contribution in [1.29, 1.82) is 0 Å². The molecule has 1 aliphatic carbocycles. The third-order valence-corrected chi connectivity index (χ3v) is 6.90. The second kappa shape index (κ2) is 8.39. The first-order chi connectivity index (χ1) is 15.0. The van der Waals surface area contributed by atoms with Gasteiger partial charge in [0.1, 0.15) is 12.2 Å². The van der Waals surface area contributed by atoms with Crippen molar-refractivity contribution in [3.8, 4) is 0 Å². The molecule has 2 fully saturated rings. The fourth-order valence-electron chi connectivity index (χ4n) is 4.61. The molecule has 1 saturated carbocycles. The molecule has 0 bridgehead atoms. The van der Waals surface area contributed by atoms with Gasteiger partial charge in [-0.25, -0.2) is 4.52 Å². The number of hydrogen-bond donors (Lipinski definition) is 1. The molecular weight excluding hydrogens is 472 g/mol. The molecule has 0 spiro atoms. The van der Waals surface area contributed by atoms with E-state index in [1.165, 1.54) is 11.0 Å². The molecule has 1 saturated heterocycles. The highest BCUT2D eigenvalue weighted by Gasteiger charge is 2.42. The molecule has 12 heteroatoms. The molecular formula is C20H21Cl2F3N4O3. The molecule has 1 N–H and O–H groups in total. The van der Waals surface area contributed by atoms with Crippen LogP contribution in [0.5, 0.6) is 0 Å². The van der Waals surface area contributed by atoms with Gasteiger partial charge in [-0.1, -0.05) is 36.5 Å². The minimum atomic E-state index is -4.77. The van der Waals surface area contributed by atoms with Gasteiger partial charge in [0.15, 0.2) is 5.69 Å². The lowest BCUT2D eigenvalue weighted by Gasteiger charge is -2.39. The first-order valence-corrected chi connectivity index (χ1v) is 11.0. The van der Waals surface area contributed by atoms with Crippen LogP contribution in [0.4, 0.5) is 13.2 Å². The van der Waals surface area contributed by atoms with Gasteiger partial charge in [-0.15, -0.1) is 0 Å². The van der Waals surface area contributed by atoms with Gasteiger partial charge < -0.3 is 14.9 Å². The number of hydrogen-bond acceptors (Lipinski definition) is 4. The molecule has 2 aromatic heterocycles. The fourth-order valence-corrected chi connectivity index (χ4v) is 5.07. The predicted molar refractivity (Wildman–Crippen MR) is 111 cm³/mol. The van der Waals surface area contributed by atoms with E-state index in [1.54, 1.807) is 4.90 Å². The molecule has 7 nitrogen and oxygen atoms in total. The summed E-state index contributed by atoms with van der Waals surface area (Å²) >= 11 is 12.0. The van der Waals surface area contributed by atoms with Crippen molar-refractivity contribution >= 4 is 40.5 Å². The molecule has 32 heavy (non-hydrogen) atoms. The maximum atomic E-state index is 13.4. The predicted octanol–water partition coefficient (Wildman–Crippen LogP) is 3.49. The lowest BCUT2D eigenvalue weighted by Crippen LogP contribution is -2.57. The van der Waals surface area contributed by atoms with Crippen LogP contribution in [0.1, 0.15) is 42.4 Å². The van der Waals surface area contributed by atoms with Crippen LogP contribution in [-0.4, -0.2) is 68.1 Å². The van der Waals surface area contributed by atoms with Crippen LogP contribution in [0.15, 0.2) is 12.1 Å². The van der Waals surface area contributed by atoms with Crippen molar-refractivity contribution in [1.82, 2.24) is 19.4 Å². The molecule has 2 amide bonds. The summed E-state index contributed by atoms with van der Waals surface area (Å²) in [6.45, 7) is 2.09. The molecule has 174 valence electrons. The lowest BCUT2D eigenvalue weighted by atomic mass is 10.0. The van der Waals surface area contributed by atoms with E-state index < -0.39 is 23.9 Å². The Morgan fingerprint density at radius 3 is 2.56 bits per heavy atom. The highest BCUT2D eigenvalue weighted by atomic mass is 35.5. The molecule has 3 unspecified atom stereocenters. The van der Waals surface area contributed by atoms with E-state index >= 15 is 0 Å². The van der Waals surface area contributed by atoms with Crippen LogP contribution in [0.2, 0.25) is 10.0 Å². The number of amides is 2. The molecule has 2 aromatic rings. The van der Waals surface area contributed by atoms with Crippen LogP contribution in [-0.2, 0) is 11.0 Å². The van der Waals surface area contributed by atoms with Crippen LogP contribution in [0.25, 0.3) is 5.52 Å². The largest absolute Gasteiger partial charge is 0.433 e. The van der Waals surface area contributed by atoms with Crippen LogP contribution >= 0.6 is 23.2 Å². The monoisotopic (exact) mass is 492 g/mol. The number of piperazine rings is 1. The van der Waals surface area contributed by atoms with E-state index in [4.69, 9.17) is 23.2 Å². The summed E-state index contributed by atoms with van der Waals surface area (Å²) in [7, 11) is 0. The highest BCUT2D eigenvalue weighted by molar-refractivity contribution is 6.37. The number of pyridine rings is 1. The van der Waals surface area contributed by atoms with Gasteiger partial charge in [-0.05, 0) is 30.9 Å². The quantitative estimate of drug-likeness (QED) is 0.711. The summed E-state index contributed by atoms with van der Waals surface area (Å²) < 4.78 is 40.7. The van der Waals surface area contributed by atoms with E-state index in [1.807, 2.05) is 6.92 Å². The van der Waals surface area contributed by atoms with Gasteiger partial charge in [-0.2, -0.15) is 18.3 Å². The van der Waals surface area contributed by atoms with E-state index in [9.17, 15) is 27.9 Å².